The van der Waals surface area contributed by atoms with Crippen LogP contribution in [0.2, 0.25) is 0 Å². The van der Waals surface area contributed by atoms with E-state index in [9.17, 15) is 9.59 Å². The minimum atomic E-state index is -0.503. The maximum Gasteiger partial charge on any atom is 0.323 e. The summed E-state index contributed by atoms with van der Waals surface area (Å²) in [7, 11) is 0. The normalized spacial score (nSPS) is 10.4. The fourth-order valence-corrected chi connectivity index (χ4v) is 1.78. The van der Waals surface area contributed by atoms with Gasteiger partial charge in [-0.2, -0.15) is 0 Å². The van der Waals surface area contributed by atoms with Crippen molar-refractivity contribution in [2.45, 2.75) is 6.92 Å². The Morgan fingerprint density at radius 2 is 1.64 bits per heavy atom. The summed E-state index contributed by atoms with van der Waals surface area (Å²) < 4.78 is 0. The second-order valence-electron chi connectivity index (χ2n) is 4.78. The zero-order valence-electron chi connectivity index (χ0n) is 12.2. The van der Waals surface area contributed by atoms with Gasteiger partial charge >= 0.3 is 6.03 Å². The topological polar surface area (TPSA) is 84.2 Å². The van der Waals surface area contributed by atoms with Gasteiger partial charge in [0.05, 0.1) is 0 Å². The van der Waals surface area contributed by atoms with Crippen molar-refractivity contribution in [1.82, 2.24) is 5.32 Å². The number of anilines is 1. The molecule has 0 aromatic heterocycles. The van der Waals surface area contributed by atoms with E-state index in [2.05, 4.69) is 10.6 Å². The van der Waals surface area contributed by atoms with E-state index in [1.807, 2.05) is 31.2 Å². The summed E-state index contributed by atoms with van der Waals surface area (Å²) in [6.07, 6.45) is 3.37. The van der Waals surface area contributed by atoms with Gasteiger partial charge in [-0.15, -0.1) is 0 Å². The monoisotopic (exact) mass is 295 g/mol. The number of aryl methyl sites for hydroxylation is 1. The third-order valence-corrected chi connectivity index (χ3v) is 2.99. The highest BCUT2D eigenvalue weighted by Gasteiger charge is 2.02. The summed E-state index contributed by atoms with van der Waals surface area (Å²) in [4.78, 5) is 22.7. The molecule has 3 amide bonds. The van der Waals surface area contributed by atoms with E-state index in [0.29, 0.717) is 11.3 Å². The van der Waals surface area contributed by atoms with Gasteiger partial charge in [-0.3, -0.25) is 4.79 Å². The third-order valence-electron chi connectivity index (χ3n) is 2.99. The van der Waals surface area contributed by atoms with Crippen LogP contribution in [0.1, 0.15) is 21.5 Å². The molecule has 0 radical (unpaired) electrons. The summed E-state index contributed by atoms with van der Waals surface area (Å²) in [6, 6.07) is 13.9. The molecule has 0 saturated carbocycles. The lowest BCUT2D eigenvalue weighted by Crippen LogP contribution is -2.23. The Hall–Kier alpha value is -3.08. The smallest absolute Gasteiger partial charge is 0.323 e. The maximum atomic E-state index is 11.7. The predicted octanol–water partition coefficient (Wildman–Crippen LogP) is 2.89. The van der Waals surface area contributed by atoms with Crippen LogP contribution in [0.5, 0.6) is 0 Å². The first-order valence-corrected chi connectivity index (χ1v) is 6.75. The molecule has 0 unspecified atom stereocenters. The lowest BCUT2D eigenvalue weighted by Gasteiger charge is -2.05. The van der Waals surface area contributed by atoms with Crippen molar-refractivity contribution in [1.29, 1.82) is 0 Å². The third kappa shape index (κ3) is 4.49. The van der Waals surface area contributed by atoms with Gasteiger partial charge in [0.2, 0.25) is 5.91 Å². The predicted molar refractivity (Wildman–Crippen MR) is 87.3 cm³/mol. The second kappa shape index (κ2) is 7.08. The van der Waals surface area contributed by atoms with Crippen molar-refractivity contribution in [3.8, 4) is 0 Å². The number of amides is 3. The van der Waals surface area contributed by atoms with E-state index >= 15 is 0 Å². The van der Waals surface area contributed by atoms with Crippen molar-refractivity contribution >= 4 is 23.7 Å². The van der Waals surface area contributed by atoms with Crippen LogP contribution >= 0.6 is 0 Å². The fourth-order valence-electron chi connectivity index (χ4n) is 1.78. The highest BCUT2D eigenvalue weighted by molar-refractivity contribution is 5.94. The molecule has 0 atom stereocenters. The molecule has 22 heavy (non-hydrogen) atoms. The Kier molecular flexibility index (Phi) is 4.93. The molecule has 0 bridgehead atoms. The number of benzene rings is 2. The summed E-state index contributed by atoms with van der Waals surface area (Å²) >= 11 is 0. The Morgan fingerprint density at radius 1 is 1.00 bits per heavy atom. The van der Waals surface area contributed by atoms with Crippen molar-refractivity contribution < 1.29 is 9.59 Å². The summed E-state index contributed by atoms with van der Waals surface area (Å²) in [6.45, 7) is 2.02. The van der Waals surface area contributed by atoms with Crippen molar-refractivity contribution in [3.63, 3.8) is 0 Å². The lowest BCUT2D eigenvalue weighted by molar-refractivity contribution is 0.100. The van der Waals surface area contributed by atoms with E-state index < -0.39 is 5.91 Å². The van der Waals surface area contributed by atoms with Crippen molar-refractivity contribution in [2.24, 2.45) is 5.73 Å². The lowest BCUT2D eigenvalue weighted by atomic mass is 10.1. The average molecular weight is 295 g/mol. The first-order chi connectivity index (χ1) is 10.5. The van der Waals surface area contributed by atoms with Crippen molar-refractivity contribution in [3.05, 3.63) is 71.4 Å². The molecular formula is C17H17N3O2. The van der Waals surface area contributed by atoms with Crippen LogP contribution in [0.4, 0.5) is 10.5 Å². The zero-order valence-corrected chi connectivity index (χ0v) is 12.2. The van der Waals surface area contributed by atoms with Gasteiger partial charge in [0.15, 0.2) is 0 Å². The van der Waals surface area contributed by atoms with E-state index in [-0.39, 0.29) is 6.03 Å². The standard InChI is InChI=1S/C17H17N3O2/c1-12-2-4-13(5-3-12)10-11-19-17(22)20-15-8-6-14(7-9-15)16(18)21/h2-11H,1H3,(H2,18,21)(H2,19,20,22)/b11-10+. The number of urea groups is 1. The van der Waals surface area contributed by atoms with Crippen molar-refractivity contribution in [2.75, 3.05) is 5.32 Å². The van der Waals surface area contributed by atoms with E-state index in [1.165, 1.54) is 5.56 Å². The van der Waals surface area contributed by atoms with Gasteiger partial charge in [-0.1, -0.05) is 29.8 Å². The number of nitrogens with one attached hydrogen (secondary N) is 2. The highest BCUT2D eigenvalue weighted by atomic mass is 16.2. The van der Waals surface area contributed by atoms with Crippen LogP contribution < -0.4 is 16.4 Å². The molecule has 112 valence electrons. The van der Waals surface area contributed by atoms with E-state index in [0.717, 1.165) is 5.56 Å². The minimum absolute atomic E-state index is 0.366. The molecule has 0 aliphatic carbocycles. The van der Waals surface area contributed by atoms with Gasteiger partial charge in [-0.05, 0) is 42.8 Å². The van der Waals surface area contributed by atoms with Gasteiger partial charge in [-0.25, -0.2) is 4.79 Å². The number of rotatable bonds is 4. The highest BCUT2D eigenvalue weighted by Crippen LogP contribution is 2.09. The fraction of sp³-hybridized carbons (Fsp3) is 0.0588. The molecule has 5 heteroatoms. The summed E-state index contributed by atoms with van der Waals surface area (Å²) in [5, 5.41) is 5.26. The largest absolute Gasteiger partial charge is 0.366 e. The molecular weight excluding hydrogens is 278 g/mol. The first kappa shape index (κ1) is 15.3. The van der Waals surface area contributed by atoms with Crippen LogP contribution in [0.25, 0.3) is 6.08 Å². The Labute approximate surface area is 128 Å². The van der Waals surface area contributed by atoms with Gasteiger partial charge < -0.3 is 16.4 Å². The molecule has 2 aromatic carbocycles. The number of carbonyl (C=O) groups is 2. The first-order valence-electron chi connectivity index (χ1n) is 6.75. The quantitative estimate of drug-likeness (QED) is 0.810. The summed E-state index contributed by atoms with van der Waals surface area (Å²) in [5.74, 6) is -0.503. The van der Waals surface area contributed by atoms with Crippen LogP contribution in [-0.2, 0) is 0 Å². The number of nitrogens with two attached hydrogens (primary N) is 1. The summed E-state index contributed by atoms with van der Waals surface area (Å²) in [5.41, 5.74) is 8.30. The molecule has 0 spiro atoms. The van der Waals surface area contributed by atoms with Gasteiger partial charge in [0.1, 0.15) is 0 Å². The second-order valence-corrected chi connectivity index (χ2v) is 4.78. The van der Waals surface area contributed by atoms with E-state index in [1.54, 1.807) is 36.5 Å². The zero-order chi connectivity index (χ0) is 15.9. The minimum Gasteiger partial charge on any atom is -0.366 e. The van der Waals surface area contributed by atoms with Crippen LogP contribution in [0.15, 0.2) is 54.7 Å². The number of primary amides is 1. The molecule has 0 aliphatic heterocycles. The maximum absolute atomic E-state index is 11.7. The van der Waals surface area contributed by atoms with Gasteiger partial charge in [0, 0.05) is 17.5 Å². The number of hydrogen-bond acceptors (Lipinski definition) is 2. The molecule has 2 rings (SSSR count). The molecule has 0 fully saturated rings. The Morgan fingerprint density at radius 3 is 2.23 bits per heavy atom. The number of carbonyl (C=O) groups excluding carboxylic acids is 2. The van der Waals surface area contributed by atoms with Crippen LogP contribution in [0.3, 0.4) is 0 Å². The average Bonchev–Trinajstić information content (AvgIpc) is 2.50. The molecule has 4 N–H and O–H groups in total. The van der Waals surface area contributed by atoms with Gasteiger partial charge in [0.25, 0.3) is 0 Å². The Balaban J connectivity index is 1.87. The van der Waals surface area contributed by atoms with E-state index in [4.69, 9.17) is 5.73 Å². The van der Waals surface area contributed by atoms with Crippen LogP contribution in [-0.4, -0.2) is 11.9 Å². The molecule has 0 saturated heterocycles. The van der Waals surface area contributed by atoms with Crippen LogP contribution in [0, 0.1) is 6.92 Å². The molecule has 2 aromatic rings. The Bertz CT molecular complexity index is 689. The SMILES string of the molecule is Cc1ccc(/C=C/NC(=O)Nc2ccc(C(N)=O)cc2)cc1. The molecule has 5 nitrogen and oxygen atoms in total. The number of hydrogen-bond donors (Lipinski definition) is 3. The molecule has 0 heterocycles. The molecule has 0 aliphatic rings.